The predicted molar refractivity (Wildman–Crippen MR) is 80.8 cm³/mol. The van der Waals surface area contributed by atoms with Gasteiger partial charge in [0.1, 0.15) is 0 Å². The molecule has 13 heteroatoms. The highest BCUT2D eigenvalue weighted by atomic mass is 32.2. The molecule has 28 heavy (non-hydrogen) atoms. The van der Waals surface area contributed by atoms with Crippen LogP contribution in [0.5, 0.6) is 0 Å². The molecule has 3 nitrogen and oxygen atoms in total. The van der Waals surface area contributed by atoms with E-state index in [1.165, 1.54) is 6.26 Å². The maximum absolute atomic E-state index is 12.9. The number of rotatable bonds is 3. The first-order valence-electron chi connectivity index (χ1n) is 7.14. The van der Waals surface area contributed by atoms with Gasteiger partial charge in [0.2, 0.25) is 0 Å². The fraction of sp³-hybridized carbons (Fsp3) is 0.333. The van der Waals surface area contributed by atoms with Gasteiger partial charge in [0.25, 0.3) is 5.56 Å². The van der Waals surface area contributed by atoms with Gasteiger partial charge in [-0.25, -0.2) is 4.98 Å². The molecule has 0 amide bonds. The number of halogens is 9. The Bertz CT molecular complexity index is 897. The fourth-order valence-corrected chi connectivity index (χ4v) is 2.79. The number of nitrogens with zero attached hydrogens (tertiary/aromatic N) is 2. The maximum Gasteiger partial charge on any atom is 0.433 e. The van der Waals surface area contributed by atoms with Crippen LogP contribution in [0, 0.1) is 0 Å². The summed E-state index contributed by atoms with van der Waals surface area (Å²) in [7, 11) is 0. The summed E-state index contributed by atoms with van der Waals surface area (Å²) in [5.41, 5.74) is -6.55. The van der Waals surface area contributed by atoms with Gasteiger partial charge in [-0.05, 0) is 30.0 Å². The molecule has 0 aliphatic rings. The molecule has 0 radical (unpaired) electrons. The van der Waals surface area contributed by atoms with Gasteiger partial charge in [0, 0.05) is 6.07 Å². The largest absolute Gasteiger partial charge is 0.433 e. The van der Waals surface area contributed by atoms with E-state index in [2.05, 4.69) is 4.98 Å². The Hall–Kier alpha value is -2.18. The van der Waals surface area contributed by atoms with Crippen LogP contribution in [-0.2, 0) is 25.1 Å². The number of alkyl halides is 9. The number of aromatic nitrogens is 2. The quantitative estimate of drug-likeness (QED) is 0.383. The van der Waals surface area contributed by atoms with Crippen molar-refractivity contribution >= 4 is 11.8 Å². The van der Waals surface area contributed by atoms with Crippen LogP contribution in [-0.4, -0.2) is 15.8 Å². The van der Waals surface area contributed by atoms with Crippen LogP contribution in [0.4, 0.5) is 39.5 Å². The monoisotopic (exact) mass is 436 g/mol. The van der Waals surface area contributed by atoms with Crippen molar-refractivity contribution in [2.75, 3.05) is 6.26 Å². The SMILES string of the molecule is CSc1nc(C(F)(F)F)cc(=O)n1Cc1cc(C(F)(F)F)cc(C(F)(F)F)c1. The zero-order valence-electron chi connectivity index (χ0n) is 13.6. The molecule has 154 valence electrons. The third-order valence-corrected chi connectivity index (χ3v) is 4.11. The summed E-state index contributed by atoms with van der Waals surface area (Å²) >= 11 is 0.586. The lowest BCUT2D eigenvalue weighted by Gasteiger charge is -2.16. The molecule has 0 bridgehead atoms. The van der Waals surface area contributed by atoms with Crippen molar-refractivity contribution in [2.45, 2.75) is 30.2 Å². The second-order valence-electron chi connectivity index (χ2n) is 5.46. The van der Waals surface area contributed by atoms with Crippen LogP contribution >= 0.6 is 11.8 Å². The molecule has 0 saturated carbocycles. The Balaban J connectivity index is 2.61. The highest BCUT2D eigenvalue weighted by Gasteiger charge is 2.37. The summed E-state index contributed by atoms with van der Waals surface area (Å²) in [6.07, 6.45) is -13.9. The molecular formula is C15H9F9N2OS. The van der Waals surface area contributed by atoms with Crippen LogP contribution in [0.15, 0.2) is 34.2 Å². The summed E-state index contributed by atoms with van der Waals surface area (Å²) in [5, 5.41) is -0.509. The van der Waals surface area contributed by atoms with Crippen LogP contribution in [0.2, 0.25) is 0 Å². The molecule has 1 aromatic heterocycles. The van der Waals surface area contributed by atoms with E-state index in [0.717, 1.165) is 0 Å². The van der Waals surface area contributed by atoms with Crippen LogP contribution in [0.1, 0.15) is 22.4 Å². The lowest BCUT2D eigenvalue weighted by Crippen LogP contribution is -2.26. The molecule has 0 aliphatic heterocycles. The second kappa shape index (κ2) is 7.33. The number of hydrogen-bond donors (Lipinski definition) is 0. The summed E-state index contributed by atoms with van der Waals surface area (Å²) in [5.74, 6) is 0. The van der Waals surface area contributed by atoms with Crippen molar-refractivity contribution in [2.24, 2.45) is 0 Å². The Morgan fingerprint density at radius 3 is 1.75 bits per heavy atom. The van der Waals surface area contributed by atoms with Crippen molar-refractivity contribution < 1.29 is 39.5 Å². The standard InChI is InChI=1S/C15H9F9N2OS/c1-28-12-25-10(15(22,23)24)5-11(27)26(12)6-7-2-8(13(16,17)18)4-9(3-7)14(19,20)21/h2-5H,6H2,1H3. The van der Waals surface area contributed by atoms with Gasteiger partial charge >= 0.3 is 18.5 Å². The minimum absolute atomic E-state index is 0.0905. The Kier molecular flexibility index (Phi) is 5.79. The molecule has 0 unspecified atom stereocenters. The number of hydrogen-bond acceptors (Lipinski definition) is 3. The Morgan fingerprint density at radius 1 is 0.857 bits per heavy atom. The maximum atomic E-state index is 12.9. The number of benzene rings is 1. The predicted octanol–water partition coefficient (Wildman–Crippen LogP) is 5.07. The van der Waals surface area contributed by atoms with E-state index >= 15 is 0 Å². The summed E-state index contributed by atoms with van der Waals surface area (Å²) < 4.78 is 116. The minimum atomic E-state index is -5.10. The first-order valence-corrected chi connectivity index (χ1v) is 8.37. The van der Waals surface area contributed by atoms with Gasteiger partial charge in [0.05, 0.1) is 17.7 Å². The van der Waals surface area contributed by atoms with E-state index in [4.69, 9.17) is 0 Å². The first kappa shape index (κ1) is 22.1. The zero-order chi connectivity index (χ0) is 21.5. The van der Waals surface area contributed by atoms with E-state index in [1.807, 2.05) is 0 Å². The number of thioether (sulfide) groups is 1. The van der Waals surface area contributed by atoms with Gasteiger partial charge in [-0.1, -0.05) is 11.8 Å². The van der Waals surface area contributed by atoms with Crippen molar-refractivity contribution in [3.63, 3.8) is 0 Å². The highest BCUT2D eigenvalue weighted by molar-refractivity contribution is 7.98. The van der Waals surface area contributed by atoms with Gasteiger partial charge in [0.15, 0.2) is 10.9 Å². The van der Waals surface area contributed by atoms with E-state index in [0.29, 0.717) is 28.5 Å². The molecule has 0 atom stereocenters. The van der Waals surface area contributed by atoms with E-state index < -0.39 is 58.2 Å². The van der Waals surface area contributed by atoms with Crippen molar-refractivity contribution in [1.82, 2.24) is 9.55 Å². The molecule has 1 aromatic carbocycles. The first-order chi connectivity index (χ1) is 12.6. The van der Waals surface area contributed by atoms with Crippen molar-refractivity contribution in [1.29, 1.82) is 0 Å². The van der Waals surface area contributed by atoms with Gasteiger partial charge in [-0.3, -0.25) is 9.36 Å². The van der Waals surface area contributed by atoms with Crippen molar-refractivity contribution in [3.05, 3.63) is 57.0 Å². The average molecular weight is 436 g/mol. The molecule has 0 aliphatic carbocycles. The summed E-state index contributed by atoms with van der Waals surface area (Å²) in [6.45, 7) is -0.826. The van der Waals surface area contributed by atoms with Crippen LogP contribution in [0.25, 0.3) is 0 Å². The third kappa shape index (κ3) is 5.00. The highest BCUT2D eigenvalue weighted by Crippen LogP contribution is 2.36. The molecule has 0 N–H and O–H groups in total. The van der Waals surface area contributed by atoms with Crippen LogP contribution in [0.3, 0.4) is 0 Å². The van der Waals surface area contributed by atoms with Gasteiger partial charge < -0.3 is 0 Å². The Labute approximate surface area is 155 Å². The molecule has 2 rings (SSSR count). The fourth-order valence-electron chi connectivity index (χ4n) is 2.22. The van der Waals surface area contributed by atoms with E-state index in [1.54, 1.807) is 0 Å². The smallest absolute Gasteiger partial charge is 0.283 e. The average Bonchev–Trinajstić information content (AvgIpc) is 2.53. The molecule has 0 fully saturated rings. The van der Waals surface area contributed by atoms with Crippen molar-refractivity contribution in [3.8, 4) is 0 Å². The van der Waals surface area contributed by atoms with Gasteiger partial charge in [-0.15, -0.1) is 0 Å². The normalized spacial score (nSPS) is 13.1. The molecule has 0 saturated heterocycles. The molecule has 1 heterocycles. The third-order valence-electron chi connectivity index (χ3n) is 3.43. The zero-order valence-corrected chi connectivity index (χ0v) is 14.4. The lowest BCUT2D eigenvalue weighted by atomic mass is 10.0. The summed E-state index contributed by atoms with van der Waals surface area (Å²) in [4.78, 5) is 15.2. The molecule has 0 spiro atoms. The lowest BCUT2D eigenvalue weighted by molar-refractivity contribution is -0.143. The topological polar surface area (TPSA) is 34.9 Å². The molecule has 2 aromatic rings. The second-order valence-corrected chi connectivity index (χ2v) is 6.24. The van der Waals surface area contributed by atoms with E-state index in [-0.39, 0.29) is 12.1 Å². The summed E-state index contributed by atoms with van der Waals surface area (Å²) in [6, 6.07) is 0.817. The van der Waals surface area contributed by atoms with Crippen LogP contribution < -0.4 is 5.56 Å². The molecular weight excluding hydrogens is 427 g/mol. The Morgan fingerprint density at radius 2 is 1.36 bits per heavy atom. The van der Waals surface area contributed by atoms with E-state index in [9.17, 15) is 44.3 Å². The van der Waals surface area contributed by atoms with Gasteiger partial charge in [-0.2, -0.15) is 39.5 Å². The minimum Gasteiger partial charge on any atom is -0.283 e.